The topological polar surface area (TPSA) is 35.5 Å². The third-order valence-electron chi connectivity index (χ3n) is 4.02. The van der Waals surface area contributed by atoms with Crippen molar-refractivity contribution in [2.24, 2.45) is 0 Å². The standard InChI is InChI=1S/C17H28N2O/c20-14-8-2-1-5-11-18-15-16-9-3-4-10-17(16)19-12-6-7-13-19/h3-4,9-10,18,20H,1-2,5-8,11-15H2. The number of benzene rings is 1. The van der Waals surface area contributed by atoms with Crippen LogP contribution in [0.25, 0.3) is 0 Å². The monoisotopic (exact) mass is 276 g/mol. The highest BCUT2D eigenvalue weighted by atomic mass is 16.2. The van der Waals surface area contributed by atoms with Crippen LogP contribution in [0, 0.1) is 0 Å². The van der Waals surface area contributed by atoms with E-state index in [4.69, 9.17) is 5.11 Å². The summed E-state index contributed by atoms with van der Waals surface area (Å²) in [4.78, 5) is 2.51. The number of nitrogens with zero attached hydrogens (tertiary/aromatic N) is 1. The van der Waals surface area contributed by atoms with Crippen LogP contribution in [-0.4, -0.2) is 31.3 Å². The Morgan fingerprint density at radius 1 is 1.00 bits per heavy atom. The number of hydrogen-bond acceptors (Lipinski definition) is 3. The van der Waals surface area contributed by atoms with Crippen LogP contribution >= 0.6 is 0 Å². The maximum Gasteiger partial charge on any atom is 0.0431 e. The van der Waals surface area contributed by atoms with Gasteiger partial charge in [-0.2, -0.15) is 0 Å². The maximum absolute atomic E-state index is 8.73. The van der Waals surface area contributed by atoms with Gasteiger partial charge in [0.05, 0.1) is 0 Å². The molecule has 1 aliphatic rings. The van der Waals surface area contributed by atoms with Gasteiger partial charge in [0.2, 0.25) is 0 Å². The highest BCUT2D eigenvalue weighted by Crippen LogP contribution is 2.24. The molecule has 0 radical (unpaired) electrons. The summed E-state index contributed by atoms with van der Waals surface area (Å²) in [5.74, 6) is 0. The van der Waals surface area contributed by atoms with E-state index in [1.165, 1.54) is 50.0 Å². The molecule has 1 aliphatic heterocycles. The van der Waals surface area contributed by atoms with E-state index in [2.05, 4.69) is 34.5 Å². The minimum atomic E-state index is 0.330. The zero-order valence-corrected chi connectivity index (χ0v) is 12.5. The predicted molar refractivity (Wildman–Crippen MR) is 85.1 cm³/mol. The minimum absolute atomic E-state index is 0.330. The second kappa shape index (κ2) is 8.98. The van der Waals surface area contributed by atoms with E-state index in [1.807, 2.05) is 0 Å². The van der Waals surface area contributed by atoms with Gasteiger partial charge in [0.25, 0.3) is 0 Å². The van der Waals surface area contributed by atoms with Crippen LogP contribution in [-0.2, 0) is 6.54 Å². The molecule has 0 atom stereocenters. The Morgan fingerprint density at radius 2 is 1.75 bits per heavy atom. The van der Waals surface area contributed by atoms with Gasteiger partial charge in [-0.1, -0.05) is 31.0 Å². The third kappa shape index (κ3) is 4.80. The summed E-state index contributed by atoms with van der Waals surface area (Å²) in [7, 11) is 0. The zero-order valence-electron chi connectivity index (χ0n) is 12.5. The summed E-state index contributed by atoms with van der Waals surface area (Å²) in [5, 5.41) is 12.3. The quantitative estimate of drug-likeness (QED) is 0.681. The van der Waals surface area contributed by atoms with Gasteiger partial charge < -0.3 is 15.3 Å². The van der Waals surface area contributed by atoms with Gasteiger partial charge in [0, 0.05) is 31.9 Å². The molecule has 1 fully saturated rings. The summed E-state index contributed by atoms with van der Waals surface area (Å²) in [6, 6.07) is 8.78. The number of unbranched alkanes of at least 4 members (excludes halogenated alkanes) is 3. The molecule has 1 aromatic rings. The molecule has 112 valence electrons. The van der Waals surface area contributed by atoms with Gasteiger partial charge in [-0.05, 0) is 43.9 Å². The Morgan fingerprint density at radius 3 is 2.55 bits per heavy atom. The Kier molecular flexibility index (Phi) is 6.89. The molecule has 3 heteroatoms. The summed E-state index contributed by atoms with van der Waals surface area (Å²) in [6.45, 7) is 4.78. The Labute approximate surface area is 123 Å². The fraction of sp³-hybridized carbons (Fsp3) is 0.647. The molecule has 1 heterocycles. The van der Waals surface area contributed by atoms with E-state index < -0.39 is 0 Å². The lowest BCUT2D eigenvalue weighted by atomic mass is 10.1. The Balaban J connectivity index is 1.72. The van der Waals surface area contributed by atoms with Crippen LogP contribution in [0.1, 0.15) is 44.1 Å². The smallest absolute Gasteiger partial charge is 0.0431 e. The SMILES string of the molecule is OCCCCCCNCc1ccccc1N1CCCC1. The van der Waals surface area contributed by atoms with Gasteiger partial charge in [-0.3, -0.25) is 0 Å². The van der Waals surface area contributed by atoms with E-state index in [0.717, 1.165) is 25.9 Å². The lowest BCUT2D eigenvalue weighted by Gasteiger charge is -2.21. The largest absolute Gasteiger partial charge is 0.396 e. The molecular formula is C17H28N2O. The van der Waals surface area contributed by atoms with Crippen molar-refractivity contribution in [3.05, 3.63) is 29.8 Å². The molecule has 20 heavy (non-hydrogen) atoms. The highest BCUT2D eigenvalue weighted by Gasteiger charge is 2.14. The fourth-order valence-corrected chi connectivity index (χ4v) is 2.87. The maximum atomic E-state index is 8.73. The molecule has 0 aromatic heterocycles. The second-order valence-electron chi connectivity index (χ2n) is 5.64. The summed E-state index contributed by atoms with van der Waals surface area (Å²) < 4.78 is 0. The van der Waals surface area contributed by atoms with E-state index in [1.54, 1.807) is 0 Å². The molecule has 0 amide bonds. The lowest BCUT2D eigenvalue weighted by molar-refractivity contribution is 0.282. The summed E-state index contributed by atoms with van der Waals surface area (Å²) in [6.07, 6.45) is 7.15. The first kappa shape index (κ1) is 15.3. The number of aliphatic hydroxyl groups excluding tert-OH is 1. The molecule has 2 rings (SSSR count). The van der Waals surface area contributed by atoms with Crippen molar-refractivity contribution in [1.29, 1.82) is 0 Å². The van der Waals surface area contributed by atoms with E-state index in [9.17, 15) is 0 Å². The minimum Gasteiger partial charge on any atom is -0.396 e. The normalized spacial score (nSPS) is 14.9. The first-order valence-electron chi connectivity index (χ1n) is 8.06. The van der Waals surface area contributed by atoms with Crippen molar-refractivity contribution in [2.45, 2.75) is 45.1 Å². The predicted octanol–water partition coefficient (Wildman–Crippen LogP) is 2.93. The van der Waals surface area contributed by atoms with Crippen molar-refractivity contribution in [3.8, 4) is 0 Å². The van der Waals surface area contributed by atoms with Gasteiger partial charge in [-0.25, -0.2) is 0 Å². The van der Waals surface area contributed by atoms with Crippen LogP contribution in [0.15, 0.2) is 24.3 Å². The van der Waals surface area contributed by atoms with Crippen molar-refractivity contribution in [2.75, 3.05) is 31.1 Å². The van der Waals surface area contributed by atoms with Crippen LogP contribution in [0.2, 0.25) is 0 Å². The first-order chi connectivity index (χ1) is 9.92. The van der Waals surface area contributed by atoms with E-state index in [-0.39, 0.29) is 0 Å². The van der Waals surface area contributed by atoms with Crippen molar-refractivity contribution < 1.29 is 5.11 Å². The Bertz CT molecular complexity index is 375. The number of aliphatic hydroxyl groups is 1. The van der Waals surface area contributed by atoms with Crippen LogP contribution in [0.5, 0.6) is 0 Å². The average Bonchev–Trinajstić information content (AvgIpc) is 3.01. The molecular weight excluding hydrogens is 248 g/mol. The van der Waals surface area contributed by atoms with Crippen molar-refractivity contribution in [1.82, 2.24) is 5.32 Å². The molecule has 1 saturated heterocycles. The molecule has 2 N–H and O–H groups in total. The Hall–Kier alpha value is -1.06. The van der Waals surface area contributed by atoms with Crippen LogP contribution in [0.3, 0.4) is 0 Å². The second-order valence-corrected chi connectivity index (χ2v) is 5.64. The molecule has 0 bridgehead atoms. The van der Waals surface area contributed by atoms with Gasteiger partial charge in [-0.15, -0.1) is 0 Å². The molecule has 0 aliphatic carbocycles. The fourth-order valence-electron chi connectivity index (χ4n) is 2.87. The number of nitrogens with one attached hydrogen (secondary N) is 1. The number of anilines is 1. The molecule has 0 saturated carbocycles. The first-order valence-corrected chi connectivity index (χ1v) is 8.06. The zero-order chi connectivity index (χ0) is 14.0. The number of hydrogen-bond donors (Lipinski definition) is 2. The average molecular weight is 276 g/mol. The van der Waals surface area contributed by atoms with Crippen LogP contribution < -0.4 is 10.2 Å². The molecule has 0 spiro atoms. The van der Waals surface area contributed by atoms with Gasteiger partial charge >= 0.3 is 0 Å². The third-order valence-corrected chi connectivity index (χ3v) is 4.02. The van der Waals surface area contributed by atoms with E-state index >= 15 is 0 Å². The molecule has 0 unspecified atom stereocenters. The summed E-state index contributed by atoms with van der Waals surface area (Å²) in [5.41, 5.74) is 2.84. The lowest BCUT2D eigenvalue weighted by Crippen LogP contribution is -2.22. The molecule has 1 aromatic carbocycles. The molecule has 3 nitrogen and oxygen atoms in total. The van der Waals surface area contributed by atoms with Crippen molar-refractivity contribution >= 4 is 5.69 Å². The summed E-state index contributed by atoms with van der Waals surface area (Å²) >= 11 is 0. The van der Waals surface area contributed by atoms with Crippen molar-refractivity contribution in [3.63, 3.8) is 0 Å². The van der Waals surface area contributed by atoms with Gasteiger partial charge in [0.15, 0.2) is 0 Å². The van der Waals surface area contributed by atoms with E-state index in [0.29, 0.717) is 6.61 Å². The number of rotatable bonds is 9. The number of para-hydroxylation sites is 1. The highest BCUT2D eigenvalue weighted by molar-refractivity contribution is 5.54. The van der Waals surface area contributed by atoms with Crippen LogP contribution in [0.4, 0.5) is 5.69 Å². The van der Waals surface area contributed by atoms with Gasteiger partial charge in [0.1, 0.15) is 0 Å².